The van der Waals surface area contributed by atoms with E-state index in [-0.39, 0.29) is 24.4 Å². The second-order valence-electron chi connectivity index (χ2n) is 5.08. The minimum Gasteiger partial charge on any atom is -0.455 e. The van der Waals surface area contributed by atoms with Crippen molar-refractivity contribution in [3.05, 3.63) is 29.3 Å². The van der Waals surface area contributed by atoms with E-state index in [1.165, 1.54) is 0 Å². The number of halogens is 1. The predicted molar refractivity (Wildman–Crippen MR) is 83.4 cm³/mol. The molecule has 4 nitrogen and oxygen atoms in total. The van der Waals surface area contributed by atoms with Crippen LogP contribution in [0.25, 0.3) is 0 Å². The van der Waals surface area contributed by atoms with Gasteiger partial charge in [0, 0.05) is 22.2 Å². The normalized spacial score (nSPS) is 19.9. The van der Waals surface area contributed by atoms with Crippen LogP contribution < -0.4 is 5.32 Å². The van der Waals surface area contributed by atoms with E-state index in [1.54, 1.807) is 11.8 Å². The number of rotatable bonds is 7. The Morgan fingerprint density at radius 3 is 2.67 bits per heavy atom. The van der Waals surface area contributed by atoms with Crippen molar-refractivity contribution >= 4 is 35.2 Å². The minimum absolute atomic E-state index is 0.00161. The Morgan fingerprint density at radius 2 is 2.05 bits per heavy atom. The van der Waals surface area contributed by atoms with Crippen molar-refractivity contribution < 1.29 is 14.3 Å². The van der Waals surface area contributed by atoms with Gasteiger partial charge >= 0.3 is 5.97 Å². The molecule has 1 aromatic carbocycles. The van der Waals surface area contributed by atoms with Crippen LogP contribution in [0.2, 0.25) is 5.02 Å². The highest BCUT2D eigenvalue weighted by Gasteiger charge is 2.40. The van der Waals surface area contributed by atoms with E-state index in [1.807, 2.05) is 31.2 Å². The summed E-state index contributed by atoms with van der Waals surface area (Å²) in [6.45, 7) is 2.34. The molecule has 0 aliphatic heterocycles. The van der Waals surface area contributed by atoms with Crippen molar-refractivity contribution in [3.63, 3.8) is 0 Å². The van der Waals surface area contributed by atoms with E-state index in [2.05, 4.69) is 5.32 Å². The quantitative estimate of drug-likeness (QED) is 0.475. The Balaban J connectivity index is 1.54. The van der Waals surface area contributed by atoms with Gasteiger partial charge in [-0.25, -0.2) is 0 Å². The molecule has 0 spiro atoms. The highest BCUT2D eigenvalue weighted by molar-refractivity contribution is 7.99. The van der Waals surface area contributed by atoms with Crippen LogP contribution >= 0.6 is 23.4 Å². The van der Waals surface area contributed by atoms with Crippen LogP contribution in [-0.2, 0) is 14.3 Å². The summed E-state index contributed by atoms with van der Waals surface area (Å²) in [6, 6.07) is 7.54. The molecule has 2 atom stereocenters. The lowest BCUT2D eigenvalue weighted by atomic mass is 10.3. The van der Waals surface area contributed by atoms with Gasteiger partial charge in [0.05, 0.1) is 5.92 Å². The Morgan fingerprint density at radius 1 is 1.38 bits per heavy atom. The highest BCUT2D eigenvalue weighted by Crippen LogP contribution is 2.38. The lowest BCUT2D eigenvalue weighted by Gasteiger charge is -2.06. The number of ether oxygens (including phenoxy) is 1. The fraction of sp³-hybridized carbons (Fsp3) is 0.467. The summed E-state index contributed by atoms with van der Waals surface area (Å²) in [4.78, 5) is 24.1. The molecule has 21 heavy (non-hydrogen) atoms. The van der Waals surface area contributed by atoms with E-state index in [4.69, 9.17) is 16.3 Å². The summed E-state index contributed by atoms with van der Waals surface area (Å²) < 4.78 is 4.95. The average Bonchev–Trinajstić information content (AvgIpc) is 3.20. The van der Waals surface area contributed by atoms with Crippen LogP contribution in [0.3, 0.4) is 0 Å². The van der Waals surface area contributed by atoms with Crippen molar-refractivity contribution in [2.75, 3.05) is 18.9 Å². The van der Waals surface area contributed by atoms with Crippen LogP contribution in [0.5, 0.6) is 0 Å². The summed E-state index contributed by atoms with van der Waals surface area (Å²) >= 11 is 7.43. The zero-order valence-electron chi connectivity index (χ0n) is 11.8. The van der Waals surface area contributed by atoms with Gasteiger partial charge in [-0.05, 0) is 36.6 Å². The number of nitrogens with one attached hydrogen (secondary N) is 1. The Kier molecular flexibility index (Phi) is 5.94. The second-order valence-corrected chi connectivity index (χ2v) is 6.68. The molecule has 1 aliphatic rings. The summed E-state index contributed by atoms with van der Waals surface area (Å²) in [7, 11) is 0. The molecule has 0 radical (unpaired) electrons. The molecule has 0 bridgehead atoms. The summed E-state index contributed by atoms with van der Waals surface area (Å²) in [5, 5.41) is 3.43. The van der Waals surface area contributed by atoms with Crippen LogP contribution in [0, 0.1) is 11.8 Å². The number of hydrogen-bond donors (Lipinski definition) is 1. The summed E-state index contributed by atoms with van der Waals surface area (Å²) in [5.74, 6) is 0.636. The van der Waals surface area contributed by atoms with E-state index >= 15 is 0 Å². The first kappa shape index (κ1) is 16.2. The number of amides is 1. The fourth-order valence-electron chi connectivity index (χ4n) is 1.84. The third kappa shape index (κ3) is 5.59. The average molecular weight is 328 g/mol. The van der Waals surface area contributed by atoms with Gasteiger partial charge in [0.25, 0.3) is 5.91 Å². The van der Waals surface area contributed by atoms with Crippen molar-refractivity contribution in [2.24, 2.45) is 11.8 Å². The van der Waals surface area contributed by atoms with Gasteiger partial charge in [0.2, 0.25) is 0 Å². The second kappa shape index (κ2) is 7.71. The summed E-state index contributed by atoms with van der Waals surface area (Å²) in [5.41, 5.74) is 0. The van der Waals surface area contributed by atoms with E-state index in [9.17, 15) is 9.59 Å². The lowest BCUT2D eigenvalue weighted by molar-refractivity contribution is -0.150. The molecule has 114 valence electrons. The van der Waals surface area contributed by atoms with Gasteiger partial charge in [-0.15, -0.1) is 11.8 Å². The molecule has 1 aliphatic carbocycles. The van der Waals surface area contributed by atoms with Crippen molar-refractivity contribution in [1.29, 1.82) is 0 Å². The van der Waals surface area contributed by atoms with Crippen LogP contribution in [0.15, 0.2) is 29.2 Å². The van der Waals surface area contributed by atoms with Crippen molar-refractivity contribution in [2.45, 2.75) is 18.2 Å². The molecule has 2 rings (SSSR count). The maximum absolute atomic E-state index is 11.5. The predicted octanol–water partition coefficient (Wildman–Crippen LogP) is 2.75. The first-order chi connectivity index (χ1) is 10.1. The Bertz CT molecular complexity index is 506. The highest BCUT2D eigenvalue weighted by atomic mass is 35.5. The van der Waals surface area contributed by atoms with Crippen LogP contribution in [-0.4, -0.2) is 30.8 Å². The maximum atomic E-state index is 11.5. The van der Waals surface area contributed by atoms with Crippen molar-refractivity contribution in [1.82, 2.24) is 5.32 Å². The molecular weight excluding hydrogens is 310 g/mol. The summed E-state index contributed by atoms with van der Waals surface area (Å²) in [6.07, 6.45) is 0.873. The molecule has 0 saturated heterocycles. The van der Waals surface area contributed by atoms with E-state index < -0.39 is 0 Å². The molecule has 0 aromatic heterocycles. The standard InChI is InChI=1S/C15H18ClNO3S/c1-10-8-13(10)15(19)20-9-14(18)17-6-7-21-12-4-2-11(16)3-5-12/h2-5,10,13H,6-9H2,1H3,(H,17,18). The number of hydrogen-bond acceptors (Lipinski definition) is 4. The third-order valence-electron chi connectivity index (χ3n) is 3.26. The Hall–Kier alpha value is -1.20. The van der Waals surface area contributed by atoms with Gasteiger partial charge in [-0.1, -0.05) is 18.5 Å². The number of esters is 1. The number of carbonyl (C=O) groups excluding carboxylic acids is 2. The van der Waals surface area contributed by atoms with Gasteiger partial charge in [0.15, 0.2) is 6.61 Å². The number of benzene rings is 1. The maximum Gasteiger partial charge on any atom is 0.309 e. The molecular formula is C15H18ClNO3S. The zero-order valence-corrected chi connectivity index (χ0v) is 13.4. The monoisotopic (exact) mass is 327 g/mol. The molecule has 1 N–H and O–H groups in total. The first-order valence-corrected chi connectivity index (χ1v) is 8.24. The molecule has 1 fully saturated rings. The third-order valence-corrected chi connectivity index (χ3v) is 4.53. The van der Waals surface area contributed by atoms with Gasteiger partial charge < -0.3 is 10.1 Å². The molecule has 1 saturated carbocycles. The van der Waals surface area contributed by atoms with Crippen molar-refractivity contribution in [3.8, 4) is 0 Å². The molecule has 1 aromatic rings. The van der Waals surface area contributed by atoms with Gasteiger partial charge in [-0.2, -0.15) is 0 Å². The Labute approximate surface area is 133 Å². The van der Waals surface area contributed by atoms with Gasteiger partial charge in [-0.3, -0.25) is 9.59 Å². The van der Waals surface area contributed by atoms with Gasteiger partial charge in [0.1, 0.15) is 0 Å². The SMILES string of the molecule is CC1CC1C(=O)OCC(=O)NCCSc1ccc(Cl)cc1. The number of thioether (sulfide) groups is 1. The lowest BCUT2D eigenvalue weighted by Crippen LogP contribution is -2.30. The number of carbonyl (C=O) groups is 2. The van der Waals surface area contributed by atoms with Crippen LogP contribution in [0.1, 0.15) is 13.3 Å². The van der Waals surface area contributed by atoms with E-state index in [0.29, 0.717) is 17.5 Å². The topological polar surface area (TPSA) is 55.4 Å². The minimum atomic E-state index is -0.256. The smallest absolute Gasteiger partial charge is 0.309 e. The van der Waals surface area contributed by atoms with E-state index in [0.717, 1.165) is 17.1 Å². The fourth-order valence-corrected chi connectivity index (χ4v) is 2.73. The molecule has 1 amide bonds. The molecule has 2 unspecified atom stereocenters. The largest absolute Gasteiger partial charge is 0.455 e. The molecule has 6 heteroatoms. The van der Waals surface area contributed by atoms with Crippen LogP contribution in [0.4, 0.5) is 0 Å². The molecule has 0 heterocycles. The zero-order chi connectivity index (χ0) is 15.2. The first-order valence-electron chi connectivity index (χ1n) is 6.88.